The number of ether oxygens (including phenoxy) is 1. The molecule has 3 N–H and O–H groups in total. The topological polar surface area (TPSA) is 114 Å². The standard InChI is InChI=1S/C17H17N3O5S/c1-10-15(23)12(9-21)25-16(10)20-7-6-13(19-17(20)24)18-14(22)5-4-11-3-2-8-26-11/h2-8,12,15-16,21,23H,1,9H2,(H,18,19,22,24)/t12-,15+,16-/m1/s1. The van der Waals surface area contributed by atoms with Gasteiger partial charge in [-0.15, -0.1) is 11.3 Å². The molecule has 1 aliphatic rings. The van der Waals surface area contributed by atoms with Gasteiger partial charge in [0, 0.05) is 22.7 Å². The molecule has 1 saturated heterocycles. The minimum Gasteiger partial charge on any atom is -0.394 e. The second-order valence-electron chi connectivity index (χ2n) is 5.57. The van der Waals surface area contributed by atoms with Crippen LogP contribution in [0.1, 0.15) is 11.1 Å². The number of nitrogens with one attached hydrogen (secondary N) is 1. The Kier molecular flexibility index (Phi) is 5.43. The normalized spacial score (nSPS) is 22.8. The largest absolute Gasteiger partial charge is 0.394 e. The van der Waals surface area contributed by atoms with Gasteiger partial charge in [-0.2, -0.15) is 4.98 Å². The molecule has 0 bridgehead atoms. The number of amides is 1. The van der Waals surface area contributed by atoms with Gasteiger partial charge in [0.05, 0.1) is 6.61 Å². The second-order valence-corrected chi connectivity index (χ2v) is 6.55. The number of aromatic nitrogens is 2. The number of hydrogen-bond donors (Lipinski definition) is 3. The van der Waals surface area contributed by atoms with Crippen molar-refractivity contribution in [3.8, 4) is 0 Å². The lowest BCUT2D eigenvalue weighted by Gasteiger charge is -2.15. The van der Waals surface area contributed by atoms with Crippen LogP contribution < -0.4 is 11.0 Å². The molecule has 0 aromatic carbocycles. The molecule has 0 saturated carbocycles. The van der Waals surface area contributed by atoms with Crippen molar-refractivity contribution in [1.82, 2.24) is 9.55 Å². The molecule has 0 radical (unpaired) electrons. The van der Waals surface area contributed by atoms with Crippen LogP contribution in [0.25, 0.3) is 6.08 Å². The zero-order valence-electron chi connectivity index (χ0n) is 13.6. The predicted molar refractivity (Wildman–Crippen MR) is 96.6 cm³/mol. The molecule has 1 aliphatic heterocycles. The Balaban J connectivity index is 1.71. The quantitative estimate of drug-likeness (QED) is 0.525. The Morgan fingerprint density at radius 2 is 2.31 bits per heavy atom. The minimum atomic E-state index is -1.07. The van der Waals surface area contributed by atoms with Gasteiger partial charge in [0.25, 0.3) is 0 Å². The third kappa shape index (κ3) is 3.81. The Hall–Kier alpha value is -2.59. The number of thiophene rings is 1. The molecule has 9 heteroatoms. The first-order chi connectivity index (χ1) is 12.5. The van der Waals surface area contributed by atoms with Crippen LogP contribution in [0, 0.1) is 0 Å². The van der Waals surface area contributed by atoms with E-state index in [2.05, 4.69) is 16.9 Å². The summed E-state index contributed by atoms with van der Waals surface area (Å²) in [6, 6.07) is 5.19. The minimum absolute atomic E-state index is 0.0925. The lowest BCUT2D eigenvalue weighted by Crippen LogP contribution is -2.28. The molecular weight excluding hydrogens is 358 g/mol. The van der Waals surface area contributed by atoms with Gasteiger partial charge >= 0.3 is 5.69 Å². The molecule has 2 aromatic rings. The molecule has 3 atom stereocenters. The van der Waals surface area contributed by atoms with Gasteiger partial charge in [0.1, 0.15) is 18.0 Å². The average molecular weight is 375 g/mol. The van der Waals surface area contributed by atoms with Crippen LogP contribution >= 0.6 is 11.3 Å². The lowest BCUT2D eigenvalue weighted by atomic mass is 10.1. The first kappa shape index (κ1) is 18.2. The van der Waals surface area contributed by atoms with Crippen molar-refractivity contribution in [2.75, 3.05) is 11.9 Å². The van der Waals surface area contributed by atoms with Gasteiger partial charge in [-0.25, -0.2) is 4.79 Å². The summed E-state index contributed by atoms with van der Waals surface area (Å²) < 4.78 is 6.57. The molecule has 2 aromatic heterocycles. The number of hydrogen-bond acceptors (Lipinski definition) is 7. The molecule has 0 unspecified atom stereocenters. The van der Waals surface area contributed by atoms with Crippen LogP contribution in [0.3, 0.4) is 0 Å². The Labute approximate surface area is 152 Å². The van der Waals surface area contributed by atoms with Crippen LogP contribution in [0.4, 0.5) is 5.82 Å². The summed E-state index contributed by atoms with van der Waals surface area (Å²) in [7, 11) is 0. The van der Waals surface area contributed by atoms with Crippen molar-refractivity contribution >= 4 is 29.1 Å². The van der Waals surface area contributed by atoms with Gasteiger partial charge < -0.3 is 20.3 Å². The highest BCUT2D eigenvalue weighted by Gasteiger charge is 2.38. The number of anilines is 1. The first-order valence-corrected chi connectivity index (χ1v) is 8.62. The van der Waals surface area contributed by atoms with E-state index in [1.807, 2.05) is 17.5 Å². The van der Waals surface area contributed by atoms with E-state index in [1.54, 1.807) is 6.08 Å². The maximum atomic E-state index is 12.2. The van der Waals surface area contributed by atoms with Crippen LogP contribution in [0.5, 0.6) is 0 Å². The van der Waals surface area contributed by atoms with E-state index in [0.29, 0.717) is 0 Å². The molecule has 0 aliphatic carbocycles. The monoisotopic (exact) mass is 375 g/mol. The Morgan fingerprint density at radius 3 is 2.92 bits per heavy atom. The van der Waals surface area contributed by atoms with E-state index in [4.69, 9.17) is 9.84 Å². The maximum Gasteiger partial charge on any atom is 0.351 e. The zero-order valence-corrected chi connectivity index (χ0v) is 14.4. The number of aliphatic hydroxyl groups is 2. The highest BCUT2D eigenvalue weighted by molar-refractivity contribution is 7.10. The highest BCUT2D eigenvalue weighted by Crippen LogP contribution is 2.31. The van der Waals surface area contributed by atoms with Crippen molar-refractivity contribution < 1.29 is 19.7 Å². The van der Waals surface area contributed by atoms with Crippen molar-refractivity contribution in [3.63, 3.8) is 0 Å². The summed E-state index contributed by atoms with van der Waals surface area (Å²) in [5, 5.41) is 23.5. The van der Waals surface area contributed by atoms with Gasteiger partial charge in [-0.3, -0.25) is 9.36 Å². The van der Waals surface area contributed by atoms with Crippen LogP contribution in [0.2, 0.25) is 0 Å². The summed E-state index contributed by atoms with van der Waals surface area (Å²) in [4.78, 5) is 28.8. The molecule has 26 heavy (non-hydrogen) atoms. The van der Waals surface area contributed by atoms with Gasteiger partial charge in [0.15, 0.2) is 6.23 Å². The molecule has 3 rings (SSSR count). The Bertz CT molecular complexity index is 890. The van der Waals surface area contributed by atoms with Gasteiger partial charge in [0.2, 0.25) is 5.91 Å². The van der Waals surface area contributed by atoms with E-state index < -0.39 is 36.6 Å². The summed E-state index contributed by atoms with van der Waals surface area (Å²) in [5.41, 5.74) is -0.425. The number of carbonyl (C=O) groups excluding carboxylic acids is 1. The third-order valence-corrected chi connectivity index (χ3v) is 4.65. The van der Waals surface area contributed by atoms with Gasteiger partial charge in [-0.05, 0) is 23.6 Å². The molecule has 3 heterocycles. The summed E-state index contributed by atoms with van der Waals surface area (Å²) in [6.07, 6.45) is 1.55. The van der Waals surface area contributed by atoms with Crippen molar-refractivity contribution in [2.45, 2.75) is 18.4 Å². The molecule has 1 amide bonds. The van der Waals surface area contributed by atoms with Crippen LogP contribution in [-0.4, -0.2) is 44.5 Å². The summed E-state index contributed by atoms with van der Waals surface area (Å²) in [6.45, 7) is 3.30. The summed E-state index contributed by atoms with van der Waals surface area (Å²) >= 11 is 1.50. The second kappa shape index (κ2) is 7.75. The zero-order chi connectivity index (χ0) is 18.7. The maximum absolute atomic E-state index is 12.2. The number of carbonyl (C=O) groups is 1. The van der Waals surface area contributed by atoms with Crippen molar-refractivity contribution in [3.05, 3.63) is 63.4 Å². The average Bonchev–Trinajstić information content (AvgIpc) is 3.23. The molecular formula is C17H17N3O5S. The van der Waals surface area contributed by atoms with Crippen molar-refractivity contribution in [1.29, 1.82) is 0 Å². The predicted octanol–water partition coefficient (Wildman–Crippen LogP) is 0.763. The molecule has 8 nitrogen and oxygen atoms in total. The van der Waals surface area contributed by atoms with Crippen LogP contribution in [-0.2, 0) is 9.53 Å². The fourth-order valence-corrected chi connectivity index (χ4v) is 3.09. The van der Waals surface area contributed by atoms with E-state index in [-0.39, 0.29) is 11.4 Å². The SMILES string of the molecule is C=C1[C@H](n2ccc(NC(=O)C=Cc3cccs3)nc2=O)O[C@H](CO)[C@H]1O. The smallest absolute Gasteiger partial charge is 0.351 e. The molecule has 136 valence electrons. The fourth-order valence-electron chi connectivity index (χ4n) is 2.47. The molecule has 0 spiro atoms. The van der Waals surface area contributed by atoms with Gasteiger partial charge in [-0.1, -0.05) is 12.6 Å². The number of rotatable bonds is 5. The molecule has 1 fully saturated rings. The van der Waals surface area contributed by atoms with E-state index >= 15 is 0 Å². The van der Waals surface area contributed by atoms with E-state index in [9.17, 15) is 14.7 Å². The Morgan fingerprint density at radius 1 is 1.50 bits per heavy atom. The number of aliphatic hydroxyl groups excluding tert-OH is 2. The fraction of sp³-hybridized carbons (Fsp3) is 0.235. The number of nitrogens with zero attached hydrogens (tertiary/aromatic N) is 2. The van der Waals surface area contributed by atoms with E-state index in [1.165, 1.54) is 29.7 Å². The highest BCUT2D eigenvalue weighted by atomic mass is 32.1. The summed E-state index contributed by atoms with van der Waals surface area (Å²) in [5.74, 6) is -0.324. The third-order valence-electron chi connectivity index (χ3n) is 3.81. The van der Waals surface area contributed by atoms with Crippen LogP contribution in [0.15, 0.2) is 52.8 Å². The van der Waals surface area contributed by atoms with Crippen molar-refractivity contribution in [2.24, 2.45) is 0 Å². The first-order valence-electron chi connectivity index (χ1n) is 7.74. The lowest BCUT2D eigenvalue weighted by molar-refractivity contribution is -0.111. The van der Waals surface area contributed by atoms with E-state index in [0.717, 1.165) is 9.44 Å².